The maximum absolute atomic E-state index is 11.6. The molecule has 3 heterocycles. The molecule has 1 aliphatic heterocycles. The van der Waals surface area contributed by atoms with E-state index in [0.717, 1.165) is 25.1 Å². The van der Waals surface area contributed by atoms with Crippen LogP contribution in [0.3, 0.4) is 0 Å². The zero-order valence-electron chi connectivity index (χ0n) is 16.3. The summed E-state index contributed by atoms with van der Waals surface area (Å²) < 4.78 is 12.3. The first kappa shape index (κ1) is 18.8. The van der Waals surface area contributed by atoms with Gasteiger partial charge in [-0.05, 0) is 12.8 Å². The Hall–Kier alpha value is -3.56. The summed E-state index contributed by atoms with van der Waals surface area (Å²) in [5.41, 5.74) is 6.85. The van der Waals surface area contributed by atoms with Crippen molar-refractivity contribution in [2.75, 3.05) is 37.5 Å². The normalized spacial score (nSPS) is 16.6. The fourth-order valence-electron chi connectivity index (χ4n) is 3.49. The van der Waals surface area contributed by atoms with Gasteiger partial charge in [0.25, 0.3) is 0 Å². The van der Waals surface area contributed by atoms with E-state index in [1.54, 1.807) is 37.2 Å². The summed E-state index contributed by atoms with van der Waals surface area (Å²) in [5.74, 6) is 1.95. The average molecular weight is 397 g/mol. The Morgan fingerprint density at radius 1 is 1.24 bits per heavy atom. The minimum atomic E-state index is -0.280. The van der Waals surface area contributed by atoms with Gasteiger partial charge < -0.3 is 25.4 Å². The number of ether oxygens (including phenoxy) is 2. The summed E-state index contributed by atoms with van der Waals surface area (Å²) >= 11 is 0. The molecule has 0 radical (unpaired) electrons. The van der Waals surface area contributed by atoms with Gasteiger partial charge in [-0.2, -0.15) is 4.98 Å². The molecule has 10 nitrogen and oxygen atoms in total. The fourth-order valence-corrected chi connectivity index (χ4v) is 3.49. The van der Waals surface area contributed by atoms with Crippen LogP contribution in [0.5, 0.6) is 11.5 Å². The standard InChI is InChI=1S/C19H23N7O3/c1-28-14-8-13(9-15(10-14)29-2)22-19-23-18-17(21-5-7-26(18)24-19)25-6-3-4-12(11-25)16(20)27/h5,7-10,12H,3-4,6,11H2,1-2H3,(H2,20,27)(H,22,24). The van der Waals surface area contributed by atoms with Crippen molar-refractivity contribution < 1.29 is 14.3 Å². The first-order valence-electron chi connectivity index (χ1n) is 9.33. The van der Waals surface area contributed by atoms with Crippen molar-refractivity contribution in [2.45, 2.75) is 12.8 Å². The first-order valence-corrected chi connectivity index (χ1v) is 9.33. The van der Waals surface area contributed by atoms with Crippen LogP contribution >= 0.6 is 0 Å². The van der Waals surface area contributed by atoms with Gasteiger partial charge in [0, 0.05) is 49.4 Å². The summed E-state index contributed by atoms with van der Waals surface area (Å²) in [6, 6.07) is 5.45. The van der Waals surface area contributed by atoms with Crippen LogP contribution in [-0.2, 0) is 4.79 Å². The lowest BCUT2D eigenvalue weighted by Crippen LogP contribution is -2.41. The molecule has 0 aliphatic carbocycles. The molecule has 3 N–H and O–H groups in total. The molecule has 0 spiro atoms. The molecule has 29 heavy (non-hydrogen) atoms. The van der Waals surface area contributed by atoms with E-state index < -0.39 is 0 Å². The minimum Gasteiger partial charge on any atom is -0.497 e. The highest BCUT2D eigenvalue weighted by Crippen LogP contribution is 2.29. The van der Waals surface area contributed by atoms with Crippen LogP contribution in [0.15, 0.2) is 30.6 Å². The number of methoxy groups -OCH3 is 2. The van der Waals surface area contributed by atoms with Crippen molar-refractivity contribution in [3.63, 3.8) is 0 Å². The molecular formula is C19H23N7O3. The van der Waals surface area contributed by atoms with Crippen molar-refractivity contribution in [3.8, 4) is 11.5 Å². The highest BCUT2D eigenvalue weighted by atomic mass is 16.5. The number of fused-ring (bicyclic) bond motifs is 1. The highest BCUT2D eigenvalue weighted by molar-refractivity contribution is 5.78. The predicted molar refractivity (Wildman–Crippen MR) is 108 cm³/mol. The molecule has 1 atom stereocenters. The van der Waals surface area contributed by atoms with Gasteiger partial charge in [0.2, 0.25) is 11.9 Å². The van der Waals surface area contributed by atoms with Crippen molar-refractivity contribution in [2.24, 2.45) is 11.7 Å². The van der Waals surface area contributed by atoms with E-state index in [-0.39, 0.29) is 11.8 Å². The van der Waals surface area contributed by atoms with E-state index in [4.69, 9.17) is 15.2 Å². The quantitative estimate of drug-likeness (QED) is 0.643. The second-order valence-electron chi connectivity index (χ2n) is 6.87. The number of primary amides is 1. The van der Waals surface area contributed by atoms with Gasteiger partial charge in [0.1, 0.15) is 11.5 Å². The zero-order valence-corrected chi connectivity index (χ0v) is 16.3. The number of hydrogen-bond acceptors (Lipinski definition) is 8. The monoisotopic (exact) mass is 397 g/mol. The average Bonchev–Trinajstić information content (AvgIpc) is 3.15. The molecule has 1 saturated heterocycles. The Morgan fingerprint density at radius 3 is 2.69 bits per heavy atom. The van der Waals surface area contributed by atoms with Crippen LogP contribution in [0.1, 0.15) is 12.8 Å². The van der Waals surface area contributed by atoms with Gasteiger partial charge in [0.05, 0.1) is 20.1 Å². The number of benzene rings is 1. The maximum Gasteiger partial charge on any atom is 0.247 e. The van der Waals surface area contributed by atoms with Gasteiger partial charge in [0.15, 0.2) is 11.5 Å². The van der Waals surface area contributed by atoms with Crippen LogP contribution in [-0.4, -0.2) is 52.8 Å². The lowest BCUT2D eigenvalue weighted by Gasteiger charge is -2.31. The lowest BCUT2D eigenvalue weighted by molar-refractivity contribution is -0.122. The number of rotatable bonds is 6. The number of carbonyl (C=O) groups excluding carboxylic acids is 1. The van der Waals surface area contributed by atoms with Gasteiger partial charge in [-0.3, -0.25) is 4.79 Å². The molecule has 4 rings (SSSR count). The Kier molecular flexibility index (Phi) is 5.07. The van der Waals surface area contributed by atoms with Crippen LogP contribution < -0.4 is 25.4 Å². The molecule has 1 amide bonds. The van der Waals surface area contributed by atoms with E-state index in [1.165, 1.54) is 0 Å². The van der Waals surface area contributed by atoms with Gasteiger partial charge in [-0.25, -0.2) is 9.50 Å². The smallest absolute Gasteiger partial charge is 0.247 e. The van der Waals surface area contributed by atoms with Gasteiger partial charge in [-0.1, -0.05) is 0 Å². The number of nitrogens with one attached hydrogen (secondary N) is 1. The minimum absolute atomic E-state index is 0.185. The third-order valence-corrected chi connectivity index (χ3v) is 4.97. The number of hydrogen-bond donors (Lipinski definition) is 2. The Bertz CT molecular complexity index is 1010. The van der Waals surface area contributed by atoms with E-state index >= 15 is 0 Å². The molecular weight excluding hydrogens is 374 g/mol. The third-order valence-electron chi connectivity index (χ3n) is 4.97. The topological polar surface area (TPSA) is 120 Å². The van der Waals surface area contributed by atoms with Crippen LogP contribution in [0, 0.1) is 5.92 Å². The number of nitrogens with zero attached hydrogens (tertiary/aromatic N) is 5. The molecule has 10 heteroatoms. The van der Waals surface area contributed by atoms with Gasteiger partial charge >= 0.3 is 0 Å². The fraction of sp³-hybridized carbons (Fsp3) is 0.368. The highest BCUT2D eigenvalue weighted by Gasteiger charge is 2.26. The van der Waals surface area contributed by atoms with Gasteiger partial charge in [-0.15, -0.1) is 5.10 Å². The Balaban J connectivity index is 1.64. The second kappa shape index (κ2) is 7.82. The van der Waals surface area contributed by atoms with E-state index in [9.17, 15) is 4.79 Å². The molecule has 3 aromatic rings. The van der Waals surface area contributed by atoms with E-state index in [1.807, 2.05) is 17.0 Å². The molecule has 1 aromatic carbocycles. The molecule has 1 unspecified atom stereocenters. The number of anilines is 3. The second-order valence-corrected chi connectivity index (χ2v) is 6.87. The summed E-state index contributed by atoms with van der Waals surface area (Å²) in [4.78, 5) is 22.7. The zero-order chi connectivity index (χ0) is 20.4. The molecule has 1 aliphatic rings. The van der Waals surface area contributed by atoms with E-state index in [2.05, 4.69) is 20.4 Å². The molecule has 2 aromatic heterocycles. The number of amides is 1. The number of aromatic nitrogens is 4. The van der Waals surface area contributed by atoms with Crippen molar-refractivity contribution in [1.29, 1.82) is 0 Å². The Morgan fingerprint density at radius 2 is 2.00 bits per heavy atom. The lowest BCUT2D eigenvalue weighted by atomic mass is 9.97. The van der Waals surface area contributed by atoms with Crippen LogP contribution in [0.25, 0.3) is 5.65 Å². The summed E-state index contributed by atoms with van der Waals surface area (Å²) in [7, 11) is 3.19. The number of carbonyl (C=O) groups is 1. The molecule has 152 valence electrons. The molecule has 1 fully saturated rings. The molecule has 0 saturated carbocycles. The summed E-state index contributed by atoms with van der Waals surface area (Å²) in [6.45, 7) is 1.32. The summed E-state index contributed by atoms with van der Waals surface area (Å²) in [5, 5.41) is 7.66. The van der Waals surface area contributed by atoms with Crippen molar-refractivity contribution in [1.82, 2.24) is 19.6 Å². The predicted octanol–water partition coefficient (Wildman–Crippen LogP) is 1.59. The summed E-state index contributed by atoms with van der Waals surface area (Å²) in [6.07, 6.45) is 5.08. The van der Waals surface area contributed by atoms with Crippen molar-refractivity contribution >= 4 is 29.0 Å². The van der Waals surface area contributed by atoms with Crippen LogP contribution in [0.4, 0.5) is 17.5 Å². The van der Waals surface area contributed by atoms with E-state index in [0.29, 0.717) is 35.5 Å². The van der Waals surface area contributed by atoms with Crippen LogP contribution in [0.2, 0.25) is 0 Å². The third kappa shape index (κ3) is 3.86. The number of nitrogens with two attached hydrogens (primary N) is 1. The Labute approximate surface area is 167 Å². The largest absolute Gasteiger partial charge is 0.497 e. The SMILES string of the molecule is COc1cc(Nc2nc3c(N4CCCC(C(N)=O)C4)nccn3n2)cc(OC)c1. The van der Waals surface area contributed by atoms with Crippen molar-refractivity contribution in [3.05, 3.63) is 30.6 Å². The maximum atomic E-state index is 11.6. The molecule has 0 bridgehead atoms. The number of piperidine rings is 1. The first-order chi connectivity index (χ1) is 14.1.